The predicted octanol–water partition coefficient (Wildman–Crippen LogP) is 7.25. The maximum atomic E-state index is 10.7. The van der Waals surface area contributed by atoms with Crippen LogP contribution in [0, 0.1) is 25.7 Å². The molecule has 38 heavy (non-hydrogen) atoms. The Hall–Kier alpha value is -2.97. The number of aliphatic hydroxyl groups is 1. The largest absolute Gasteiger partial charge is 0.378 e. The highest BCUT2D eigenvalue weighted by Crippen LogP contribution is 2.41. The van der Waals surface area contributed by atoms with Gasteiger partial charge >= 0.3 is 0 Å². The van der Waals surface area contributed by atoms with Gasteiger partial charge in [0.15, 0.2) is 0 Å². The fourth-order valence-electron chi connectivity index (χ4n) is 5.85. The predicted molar refractivity (Wildman–Crippen MR) is 154 cm³/mol. The molecule has 1 fully saturated rings. The van der Waals surface area contributed by atoms with Gasteiger partial charge in [0.2, 0.25) is 0 Å². The van der Waals surface area contributed by atoms with Crippen LogP contribution in [0.2, 0.25) is 0 Å². The van der Waals surface area contributed by atoms with Crippen molar-refractivity contribution in [2.24, 2.45) is 0 Å². The molecule has 1 N–H and O–H groups in total. The molecular formula is C34H41NO3. The summed E-state index contributed by atoms with van der Waals surface area (Å²) in [5.41, 5.74) is 8.49. The summed E-state index contributed by atoms with van der Waals surface area (Å²) in [4.78, 5) is 14.3. The summed E-state index contributed by atoms with van der Waals surface area (Å²) in [6, 6.07) is 17.7. The first-order valence-electron chi connectivity index (χ1n) is 13.9. The molecule has 0 saturated heterocycles. The van der Waals surface area contributed by atoms with E-state index in [9.17, 15) is 5.11 Å². The maximum Gasteiger partial charge on any atom is 0.125 e. The average Bonchev–Trinajstić information content (AvgIpc) is 3.36. The van der Waals surface area contributed by atoms with E-state index in [1.165, 1.54) is 34.9 Å². The summed E-state index contributed by atoms with van der Waals surface area (Å²) >= 11 is 0. The van der Waals surface area contributed by atoms with Crippen LogP contribution in [0.5, 0.6) is 0 Å². The van der Waals surface area contributed by atoms with Crippen LogP contribution in [-0.2, 0) is 21.6 Å². The zero-order valence-electron chi connectivity index (χ0n) is 23.6. The minimum atomic E-state index is -0.810. The lowest BCUT2D eigenvalue weighted by Crippen LogP contribution is -2.26. The summed E-state index contributed by atoms with van der Waals surface area (Å²) in [6.07, 6.45) is 8.36. The van der Waals surface area contributed by atoms with Crippen LogP contribution in [0.1, 0.15) is 85.9 Å². The van der Waals surface area contributed by atoms with Crippen molar-refractivity contribution in [1.29, 1.82) is 0 Å². The van der Waals surface area contributed by atoms with Crippen molar-refractivity contribution in [2.75, 3.05) is 13.7 Å². The highest BCUT2D eigenvalue weighted by Gasteiger charge is 2.32. The van der Waals surface area contributed by atoms with Crippen LogP contribution >= 0.6 is 0 Å². The molecule has 1 aliphatic carbocycles. The van der Waals surface area contributed by atoms with Gasteiger partial charge in [-0.2, -0.15) is 0 Å². The van der Waals surface area contributed by atoms with E-state index in [0.717, 1.165) is 55.3 Å². The summed E-state index contributed by atoms with van der Waals surface area (Å²) in [7, 11) is 1.52. The number of rotatable bonds is 9. The molecule has 4 heteroatoms. The van der Waals surface area contributed by atoms with Crippen molar-refractivity contribution in [2.45, 2.75) is 83.7 Å². The third-order valence-corrected chi connectivity index (χ3v) is 8.32. The van der Waals surface area contributed by atoms with Crippen LogP contribution in [0.4, 0.5) is 0 Å². The van der Waals surface area contributed by atoms with Crippen molar-refractivity contribution < 1.29 is 14.9 Å². The quantitative estimate of drug-likeness (QED) is 0.142. The van der Waals surface area contributed by atoms with Crippen molar-refractivity contribution >= 4 is 0 Å². The van der Waals surface area contributed by atoms with E-state index in [4.69, 9.17) is 4.89 Å². The number of nitrogens with zero attached hydrogens (tertiary/aromatic N) is 1. The first kappa shape index (κ1) is 28.0. The number of aryl methyl sites for hydroxylation is 2. The lowest BCUT2D eigenvalue weighted by molar-refractivity contribution is -0.271. The van der Waals surface area contributed by atoms with Gasteiger partial charge < -0.3 is 5.11 Å². The summed E-state index contributed by atoms with van der Waals surface area (Å²) < 4.78 is 0. The van der Waals surface area contributed by atoms with Crippen LogP contribution < -0.4 is 0 Å². The Balaban J connectivity index is 1.61. The Morgan fingerprint density at radius 2 is 1.63 bits per heavy atom. The molecule has 1 aliphatic rings. The van der Waals surface area contributed by atoms with Crippen LogP contribution in [0.25, 0.3) is 11.1 Å². The molecular weight excluding hydrogens is 470 g/mol. The SMILES string of the molecule is CCC(CC)(c1ccc(C#CC2(O)CCCC2)c(C)c1)c1ccc(-c2ccc(CCOOC)nc2)c(C)c1. The highest BCUT2D eigenvalue weighted by molar-refractivity contribution is 5.67. The van der Waals surface area contributed by atoms with Crippen molar-refractivity contribution in [3.63, 3.8) is 0 Å². The fraction of sp³-hybridized carbons (Fsp3) is 0.441. The van der Waals surface area contributed by atoms with Gasteiger partial charge in [0, 0.05) is 34.9 Å². The van der Waals surface area contributed by atoms with E-state index < -0.39 is 5.60 Å². The second kappa shape index (κ2) is 12.3. The zero-order valence-corrected chi connectivity index (χ0v) is 23.6. The molecule has 0 atom stereocenters. The lowest BCUT2D eigenvalue weighted by atomic mass is 9.69. The lowest BCUT2D eigenvalue weighted by Gasteiger charge is -2.34. The molecule has 0 radical (unpaired) electrons. The summed E-state index contributed by atoms with van der Waals surface area (Å²) in [6.45, 7) is 9.37. The van der Waals surface area contributed by atoms with E-state index in [-0.39, 0.29) is 5.41 Å². The second-order valence-electron chi connectivity index (χ2n) is 10.6. The molecule has 0 spiro atoms. The molecule has 0 bridgehead atoms. The van der Waals surface area contributed by atoms with Crippen molar-refractivity contribution in [3.8, 4) is 23.0 Å². The molecule has 1 saturated carbocycles. The van der Waals surface area contributed by atoms with Crippen molar-refractivity contribution in [1.82, 2.24) is 4.98 Å². The Kier molecular flexibility index (Phi) is 9.05. The van der Waals surface area contributed by atoms with Gasteiger partial charge in [-0.05, 0) is 92.3 Å². The molecule has 4 nitrogen and oxygen atoms in total. The molecule has 4 rings (SSSR count). The van der Waals surface area contributed by atoms with Gasteiger partial charge in [-0.25, -0.2) is 9.78 Å². The molecule has 1 aromatic heterocycles. The maximum absolute atomic E-state index is 10.7. The Labute approximate surface area is 228 Å². The third-order valence-electron chi connectivity index (χ3n) is 8.32. The van der Waals surface area contributed by atoms with E-state index >= 15 is 0 Å². The van der Waals surface area contributed by atoms with Crippen molar-refractivity contribution in [3.05, 3.63) is 88.2 Å². The topological polar surface area (TPSA) is 51.6 Å². The van der Waals surface area contributed by atoms with Gasteiger partial charge in [-0.15, -0.1) is 0 Å². The normalized spacial score (nSPS) is 14.8. The standard InChI is InChI=1S/C34H41NO3/c1-6-34(7-2,29-12-10-27(25(3)22-29)16-20-33(36)18-8-9-19-33)30-13-15-32(26(4)23-30)28-11-14-31(35-24-28)17-21-38-37-5/h10-15,22-24,36H,6-9,17-19,21H2,1-5H3. The molecule has 0 aliphatic heterocycles. The van der Waals surface area contributed by atoms with Gasteiger partial charge in [0.05, 0.1) is 13.7 Å². The Morgan fingerprint density at radius 1 is 0.947 bits per heavy atom. The number of pyridine rings is 1. The molecule has 2 aromatic carbocycles. The molecule has 0 amide bonds. The molecule has 1 heterocycles. The fourth-order valence-corrected chi connectivity index (χ4v) is 5.85. The number of benzene rings is 2. The van der Waals surface area contributed by atoms with Gasteiger partial charge in [0.1, 0.15) is 5.60 Å². The number of hydrogen-bond acceptors (Lipinski definition) is 4. The van der Waals surface area contributed by atoms with Gasteiger partial charge in [-0.3, -0.25) is 4.98 Å². The minimum absolute atomic E-state index is 0.0763. The smallest absolute Gasteiger partial charge is 0.125 e. The molecule has 3 aromatic rings. The number of hydrogen-bond donors (Lipinski definition) is 1. The van der Waals surface area contributed by atoms with E-state index in [1.807, 2.05) is 6.20 Å². The van der Waals surface area contributed by atoms with Gasteiger partial charge in [-0.1, -0.05) is 62.1 Å². The molecule has 200 valence electrons. The first-order chi connectivity index (χ1) is 18.3. The summed E-state index contributed by atoms with van der Waals surface area (Å²) in [5.74, 6) is 6.45. The zero-order chi connectivity index (χ0) is 27.2. The Morgan fingerprint density at radius 3 is 2.21 bits per heavy atom. The summed E-state index contributed by atoms with van der Waals surface area (Å²) in [5, 5.41) is 10.7. The van der Waals surface area contributed by atoms with Gasteiger partial charge in [0.25, 0.3) is 0 Å². The van der Waals surface area contributed by atoms with E-state index in [1.54, 1.807) is 0 Å². The van der Waals surface area contributed by atoms with Crippen LogP contribution in [0.15, 0.2) is 54.7 Å². The monoisotopic (exact) mass is 511 g/mol. The minimum Gasteiger partial charge on any atom is -0.378 e. The average molecular weight is 512 g/mol. The van der Waals surface area contributed by atoms with E-state index in [2.05, 4.69) is 97.9 Å². The van der Waals surface area contributed by atoms with Crippen LogP contribution in [0.3, 0.4) is 0 Å². The number of aromatic nitrogens is 1. The first-order valence-corrected chi connectivity index (χ1v) is 13.9. The van der Waals surface area contributed by atoms with Crippen LogP contribution in [-0.4, -0.2) is 29.4 Å². The molecule has 0 unspecified atom stereocenters. The third kappa shape index (κ3) is 6.02. The van der Waals surface area contributed by atoms with E-state index in [0.29, 0.717) is 13.0 Å². The highest BCUT2D eigenvalue weighted by atomic mass is 17.2. The Bertz CT molecular complexity index is 1290. The second-order valence-corrected chi connectivity index (χ2v) is 10.6.